The number of hydrogen-bond acceptors (Lipinski definition) is 7. The zero-order valence-corrected chi connectivity index (χ0v) is 28.3. The summed E-state index contributed by atoms with van der Waals surface area (Å²) >= 11 is 0. The van der Waals surface area contributed by atoms with Crippen LogP contribution < -0.4 is 0 Å². The summed E-state index contributed by atoms with van der Waals surface area (Å²) in [6.45, 7) is 30.0. The molecule has 7 nitrogen and oxygen atoms in total. The van der Waals surface area contributed by atoms with E-state index in [-0.39, 0.29) is 0 Å². The quantitative estimate of drug-likeness (QED) is 0.483. The van der Waals surface area contributed by atoms with Crippen molar-refractivity contribution in [2.45, 2.75) is 130 Å². The van der Waals surface area contributed by atoms with Crippen LogP contribution in [0.3, 0.4) is 0 Å². The van der Waals surface area contributed by atoms with Crippen LogP contribution in [0.15, 0.2) is 0 Å². The van der Waals surface area contributed by atoms with E-state index in [4.69, 9.17) is 5.11 Å². The average Bonchev–Trinajstić information content (AvgIpc) is 3.54. The molecule has 0 spiro atoms. The number of aliphatic hydroxyl groups is 1. The second kappa shape index (κ2) is 19.2. The number of piperazine rings is 2. The Morgan fingerprint density at radius 1 is 0.463 bits per heavy atom. The molecule has 1 aliphatic carbocycles. The van der Waals surface area contributed by atoms with E-state index < -0.39 is 0 Å². The second-order valence-electron chi connectivity index (χ2n) is 14.3. The number of aliphatic hydroxyl groups excluding tert-OH is 1. The Morgan fingerprint density at radius 2 is 0.878 bits per heavy atom. The van der Waals surface area contributed by atoms with Gasteiger partial charge in [0.1, 0.15) is 0 Å². The standard InChI is InChI=1S/C13H26N2.C12H24N2.C9H20N2O/c1-12(2)14-8-10-15(11-9-14)13-6-4-3-5-7-13;1-11(2)13-9-5-12(6-10-13)14-7-3-4-8-14;1-9(2)11-5-3-10(4-6-11)7-8-12/h12-13H,3-11H2,1-2H3;11-12H,3-10H2,1-2H3;9,12H,3-8H2,1-2H3. The van der Waals surface area contributed by atoms with E-state index in [0.29, 0.717) is 12.6 Å². The van der Waals surface area contributed by atoms with Gasteiger partial charge in [0.15, 0.2) is 0 Å². The number of piperidine rings is 1. The van der Waals surface area contributed by atoms with Crippen LogP contribution in [0.1, 0.15) is 99.3 Å². The molecule has 0 unspecified atom stereocenters. The summed E-state index contributed by atoms with van der Waals surface area (Å²) in [5.74, 6) is 0. The third-order valence-electron chi connectivity index (χ3n) is 10.6. The van der Waals surface area contributed by atoms with Crippen molar-refractivity contribution in [1.29, 1.82) is 0 Å². The molecule has 41 heavy (non-hydrogen) atoms. The first-order valence-corrected chi connectivity index (χ1v) is 17.8. The lowest BCUT2D eigenvalue weighted by atomic mass is 9.94. The third-order valence-corrected chi connectivity index (χ3v) is 10.6. The summed E-state index contributed by atoms with van der Waals surface area (Å²) in [6, 6.07) is 3.98. The molecule has 0 aromatic heterocycles. The molecule has 4 saturated heterocycles. The topological polar surface area (TPSA) is 39.7 Å². The Hall–Kier alpha value is -0.280. The molecule has 0 radical (unpaired) electrons. The van der Waals surface area contributed by atoms with Gasteiger partial charge in [-0.1, -0.05) is 19.3 Å². The van der Waals surface area contributed by atoms with Crippen molar-refractivity contribution in [3.63, 3.8) is 0 Å². The predicted octanol–water partition coefficient (Wildman–Crippen LogP) is 4.30. The summed E-state index contributed by atoms with van der Waals surface area (Å²) in [5, 5.41) is 8.74. The molecule has 5 rings (SSSR count). The Bertz CT molecular complexity index is 640. The van der Waals surface area contributed by atoms with Crippen molar-refractivity contribution in [3.8, 4) is 0 Å². The van der Waals surface area contributed by atoms with Gasteiger partial charge in [-0.15, -0.1) is 0 Å². The van der Waals surface area contributed by atoms with Gasteiger partial charge in [-0.2, -0.15) is 0 Å². The Labute approximate surface area is 255 Å². The van der Waals surface area contributed by atoms with E-state index in [1.807, 2.05) is 0 Å². The molecular formula is C34H70N6O. The Kier molecular flexibility index (Phi) is 16.5. The molecule has 0 aromatic rings. The zero-order valence-electron chi connectivity index (χ0n) is 28.3. The van der Waals surface area contributed by atoms with Crippen molar-refractivity contribution < 1.29 is 5.11 Å². The lowest BCUT2D eigenvalue weighted by Crippen LogP contribution is -2.52. The number of β-amino-alcohol motifs (C(OH)–C–C–N with tert-alkyl or cyclic N) is 1. The molecule has 0 bridgehead atoms. The largest absolute Gasteiger partial charge is 0.395 e. The fraction of sp³-hybridized carbons (Fsp3) is 1.00. The van der Waals surface area contributed by atoms with Crippen LogP contribution in [-0.2, 0) is 0 Å². The number of likely N-dealkylation sites (tertiary alicyclic amines) is 2. The minimum absolute atomic E-state index is 0.293. The molecule has 4 heterocycles. The normalized spacial score (nSPS) is 25.9. The summed E-state index contributed by atoms with van der Waals surface area (Å²) in [4.78, 5) is 15.5. The second-order valence-corrected chi connectivity index (χ2v) is 14.3. The fourth-order valence-electron chi connectivity index (χ4n) is 7.58. The van der Waals surface area contributed by atoms with Gasteiger partial charge in [0.2, 0.25) is 0 Å². The van der Waals surface area contributed by atoms with Crippen LogP contribution in [-0.4, -0.2) is 156 Å². The number of nitrogens with zero attached hydrogens (tertiary/aromatic N) is 6. The van der Waals surface area contributed by atoms with E-state index in [1.54, 1.807) is 0 Å². The zero-order chi connectivity index (χ0) is 29.6. The van der Waals surface area contributed by atoms with Crippen LogP contribution in [0.5, 0.6) is 0 Å². The summed E-state index contributed by atoms with van der Waals surface area (Å²) in [5.41, 5.74) is 0. The fourth-order valence-corrected chi connectivity index (χ4v) is 7.58. The van der Waals surface area contributed by atoms with Gasteiger partial charge < -0.3 is 14.9 Å². The van der Waals surface area contributed by atoms with Crippen molar-refractivity contribution in [2.24, 2.45) is 0 Å². The van der Waals surface area contributed by atoms with E-state index in [1.165, 1.54) is 110 Å². The number of rotatable bonds is 7. The maximum atomic E-state index is 8.74. The van der Waals surface area contributed by atoms with E-state index >= 15 is 0 Å². The first-order valence-electron chi connectivity index (χ1n) is 17.8. The van der Waals surface area contributed by atoms with Crippen molar-refractivity contribution in [3.05, 3.63) is 0 Å². The highest BCUT2D eigenvalue weighted by Gasteiger charge is 2.27. The van der Waals surface area contributed by atoms with Gasteiger partial charge in [-0.25, -0.2) is 0 Å². The highest BCUT2D eigenvalue weighted by atomic mass is 16.3. The Balaban J connectivity index is 0.000000170. The minimum Gasteiger partial charge on any atom is -0.395 e. The Morgan fingerprint density at radius 3 is 1.34 bits per heavy atom. The summed E-state index contributed by atoms with van der Waals surface area (Å²) < 4.78 is 0. The molecule has 1 saturated carbocycles. The molecule has 7 heteroatoms. The van der Waals surface area contributed by atoms with Gasteiger partial charge in [-0.3, -0.25) is 19.6 Å². The molecule has 5 aliphatic rings. The van der Waals surface area contributed by atoms with Gasteiger partial charge >= 0.3 is 0 Å². The summed E-state index contributed by atoms with van der Waals surface area (Å²) in [7, 11) is 0. The maximum Gasteiger partial charge on any atom is 0.0558 e. The van der Waals surface area contributed by atoms with Crippen LogP contribution in [0.2, 0.25) is 0 Å². The molecular weight excluding hydrogens is 508 g/mol. The maximum absolute atomic E-state index is 8.74. The molecule has 0 atom stereocenters. The highest BCUT2D eigenvalue weighted by molar-refractivity contribution is 4.84. The van der Waals surface area contributed by atoms with Crippen molar-refractivity contribution >= 4 is 0 Å². The monoisotopic (exact) mass is 579 g/mol. The molecule has 242 valence electrons. The lowest BCUT2D eigenvalue weighted by Gasteiger charge is -2.42. The van der Waals surface area contributed by atoms with E-state index in [2.05, 4.69) is 70.9 Å². The lowest BCUT2D eigenvalue weighted by molar-refractivity contribution is 0.0644. The van der Waals surface area contributed by atoms with Gasteiger partial charge in [-0.05, 0) is 106 Å². The highest BCUT2D eigenvalue weighted by Crippen LogP contribution is 2.24. The SMILES string of the molecule is CC(C)N1CCC(N2CCCC2)CC1.CC(C)N1CCN(C2CCCCC2)CC1.CC(C)N1CCN(CCO)CC1. The van der Waals surface area contributed by atoms with E-state index in [0.717, 1.165) is 56.9 Å². The van der Waals surface area contributed by atoms with E-state index in [9.17, 15) is 0 Å². The van der Waals surface area contributed by atoms with Crippen molar-refractivity contribution in [2.75, 3.05) is 91.7 Å². The van der Waals surface area contributed by atoms with Crippen LogP contribution in [0.25, 0.3) is 0 Å². The van der Waals surface area contributed by atoms with Gasteiger partial charge in [0, 0.05) is 89.1 Å². The molecule has 4 aliphatic heterocycles. The minimum atomic E-state index is 0.293. The first kappa shape index (κ1) is 35.2. The van der Waals surface area contributed by atoms with Crippen LogP contribution in [0.4, 0.5) is 0 Å². The molecule has 0 amide bonds. The molecule has 5 fully saturated rings. The molecule has 0 aromatic carbocycles. The average molecular weight is 579 g/mol. The predicted molar refractivity (Wildman–Crippen MR) is 176 cm³/mol. The van der Waals surface area contributed by atoms with Gasteiger partial charge in [0.05, 0.1) is 6.61 Å². The third kappa shape index (κ3) is 12.3. The van der Waals surface area contributed by atoms with Gasteiger partial charge in [0.25, 0.3) is 0 Å². The first-order chi connectivity index (χ1) is 19.8. The smallest absolute Gasteiger partial charge is 0.0558 e. The van der Waals surface area contributed by atoms with Crippen molar-refractivity contribution in [1.82, 2.24) is 29.4 Å². The van der Waals surface area contributed by atoms with Crippen LogP contribution in [0, 0.1) is 0 Å². The number of hydrogen-bond donors (Lipinski definition) is 1. The molecule has 1 N–H and O–H groups in total. The summed E-state index contributed by atoms with van der Waals surface area (Å²) in [6.07, 6.45) is 13.0. The van der Waals surface area contributed by atoms with Crippen LogP contribution >= 0.6 is 0 Å².